The monoisotopic (exact) mass is 223 g/mol. The van der Waals surface area contributed by atoms with Gasteiger partial charge in [0, 0.05) is 12.1 Å². The summed E-state index contributed by atoms with van der Waals surface area (Å²) in [7, 11) is 0. The molecule has 0 aliphatic carbocycles. The first-order chi connectivity index (χ1) is 7.18. The summed E-state index contributed by atoms with van der Waals surface area (Å²) in [4.78, 5) is 5.97. The molecule has 0 unspecified atom stereocenters. The lowest BCUT2D eigenvalue weighted by Crippen LogP contribution is -2.38. The van der Waals surface area contributed by atoms with E-state index in [1.54, 1.807) is 17.0 Å². The van der Waals surface area contributed by atoms with Gasteiger partial charge in [-0.15, -0.1) is 0 Å². The normalized spacial score (nSPS) is 15.3. The molecular weight excluding hydrogens is 213 g/mol. The van der Waals surface area contributed by atoms with Crippen molar-refractivity contribution in [3.05, 3.63) is 35.6 Å². The first-order valence-electron chi connectivity index (χ1n) is 4.56. The van der Waals surface area contributed by atoms with Gasteiger partial charge in [-0.05, 0) is 24.4 Å². The van der Waals surface area contributed by atoms with Gasteiger partial charge in [-0.25, -0.2) is 4.39 Å². The molecule has 0 bridgehead atoms. The highest BCUT2D eigenvalue weighted by atomic mass is 32.1. The molecule has 2 N–H and O–H groups in total. The second-order valence-electron chi connectivity index (χ2n) is 3.21. The summed E-state index contributed by atoms with van der Waals surface area (Å²) in [5.74, 6) is 0.368. The number of nitrogens with two attached hydrogens (primary N) is 1. The molecule has 0 amide bonds. The third-order valence-corrected chi connectivity index (χ3v) is 2.41. The lowest BCUT2D eigenvalue weighted by Gasteiger charge is -2.17. The van der Waals surface area contributed by atoms with Crippen LogP contribution in [0.25, 0.3) is 0 Å². The number of halogens is 1. The first-order valence-corrected chi connectivity index (χ1v) is 4.96. The van der Waals surface area contributed by atoms with Crippen LogP contribution in [-0.2, 0) is 0 Å². The van der Waals surface area contributed by atoms with Gasteiger partial charge in [0.15, 0.2) is 5.11 Å². The molecule has 0 spiro atoms. The van der Waals surface area contributed by atoms with Gasteiger partial charge in [0.25, 0.3) is 0 Å². The fourth-order valence-electron chi connectivity index (χ4n) is 1.54. The van der Waals surface area contributed by atoms with Gasteiger partial charge < -0.3 is 10.6 Å². The van der Waals surface area contributed by atoms with Crippen LogP contribution in [0.15, 0.2) is 29.3 Å². The Morgan fingerprint density at radius 1 is 1.53 bits per heavy atom. The largest absolute Gasteiger partial charge is 0.376 e. The SMILES string of the molecule is NC(=S)N1CCN=C1c1cccc(F)c1. The van der Waals surface area contributed by atoms with Crippen LogP contribution in [0.3, 0.4) is 0 Å². The van der Waals surface area contributed by atoms with Gasteiger partial charge >= 0.3 is 0 Å². The molecule has 0 atom stereocenters. The third kappa shape index (κ3) is 1.97. The van der Waals surface area contributed by atoms with E-state index >= 15 is 0 Å². The number of nitrogens with zero attached hydrogens (tertiary/aromatic N) is 2. The van der Waals surface area contributed by atoms with Gasteiger partial charge in [0.2, 0.25) is 0 Å². The minimum absolute atomic E-state index is 0.274. The molecule has 1 heterocycles. The van der Waals surface area contributed by atoms with E-state index < -0.39 is 0 Å². The zero-order valence-electron chi connectivity index (χ0n) is 7.98. The second kappa shape index (κ2) is 3.94. The molecule has 3 nitrogen and oxygen atoms in total. The molecule has 1 aromatic rings. The highest BCUT2D eigenvalue weighted by molar-refractivity contribution is 7.80. The number of benzene rings is 1. The lowest BCUT2D eigenvalue weighted by molar-refractivity contribution is 0.626. The van der Waals surface area contributed by atoms with Crippen LogP contribution in [0.1, 0.15) is 5.56 Å². The average Bonchev–Trinajstić information content (AvgIpc) is 2.65. The van der Waals surface area contributed by atoms with E-state index in [2.05, 4.69) is 4.99 Å². The van der Waals surface area contributed by atoms with Gasteiger partial charge in [0.05, 0.1) is 6.54 Å². The summed E-state index contributed by atoms with van der Waals surface area (Å²) in [5, 5.41) is 0.274. The van der Waals surface area contributed by atoms with Crippen molar-refractivity contribution in [2.24, 2.45) is 10.7 Å². The van der Waals surface area contributed by atoms with Crippen LogP contribution < -0.4 is 5.73 Å². The van der Waals surface area contributed by atoms with Crippen molar-refractivity contribution in [3.8, 4) is 0 Å². The molecule has 5 heteroatoms. The maximum atomic E-state index is 13.0. The van der Waals surface area contributed by atoms with Crippen LogP contribution in [0.5, 0.6) is 0 Å². The van der Waals surface area contributed by atoms with Crippen LogP contribution in [-0.4, -0.2) is 28.9 Å². The van der Waals surface area contributed by atoms with Crippen molar-refractivity contribution in [2.75, 3.05) is 13.1 Å². The van der Waals surface area contributed by atoms with Crippen molar-refractivity contribution in [1.82, 2.24) is 4.90 Å². The second-order valence-corrected chi connectivity index (χ2v) is 3.62. The van der Waals surface area contributed by atoms with E-state index in [0.29, 0.717) is 24.5 Å². The molecule has 0 saturated carbocycles. The van der Waals surface area contributed by atoms with E-state index in [0.717, 1.165) is 0 Å². The Bertz CT molecular complexity index is 430. The van der Waals surface area contributed by atoms with Crippen molar-refractivity contribution in [3.63, 3.8) is 0 Å². The molecule has 78 valence electrons. The average molecular weight is 223 g/mol. The molecule has 1 aliphatic rings. The lowest BCUT2D eigenvalue weighted by atomic mass is 10.2. The van der Waals surface area contributed by atoms with Gasteiger partial charge in [-0.2, -0.15) is 0 Å². The Labute approximate surface area is 92.4 Å². The Hall–Kier alpha value is -1.49. The number of amidine groups is 1. The fourth-order valence-corrected chi connectivity index (χ4v) is 1.71. The number of rotatable bonds is 1. The summed E-state index contributed by atoms with van der Waals surface area (Å²) in [6.45, 7) is 1.31. The van der Waals surface area contributed by atoms with Crippen LogP contribution in [0.2, 0.25) is 0 Å². The number of hydrogen-bond acceptors (Lipinski definition) is 2. The van der Waals surface area contributed by atoms with E-state index in [1.165, 1.54) is 12.1 Å². The van der Waals surface area contributed by atoms with Crippen LogP contribution in [0.4, 0.5) is 4.39 Å². The Balaban J connectivity index is 2.35. The Kier molecular flexibility index (Phi) is 2.64. The predicted molar refractivity (Wildman–Crippen MR) is 61.3 cm³/mol. The Morgan fingerprint density at radius 2 is 2.33 bits per heavy atom. The highest BCUT2D eigenvalue weighted by Crippen LogP contribution is 2.12. The smallest absolute Gasteiger partial charge is 0.172 e. The van der Waals surface area contributed by atoms with Gasteiger partial charge in [-0.1, -0.05) is 12.1 Å². The van der Waals surface area contributed by atoms with Crippen molar-refractivity contribution in [1.29, 1.82) is 0 Å². The van der Waals surface area contributed by atoms with Crippen LogP contribution >= 0.6 is 12.2 Å². The molecule has 0 radical (unpaired) electrons. The van der Waals surface area contributed by atoms with Crippen molar-refractivity contribution < 1.29 is 4.39 Å². The van der Waals surface area contributed by atoms with Gasteiger partial charge in [0.1, 0.15) is 11.7 Å². The summed E-state index contributed by atoms with van der Waals surface area (Å²) in [5.41, 5.74) is 6.25. The Morgan fingerprint density at radius 3 is 3.00 bits per heavy atom. The molecule has 15 heavy (non-hydrogen) atoms. The van der Waals surface area contributed by atoms with Crippen molar-refractivity contribution in [2.45, 2.75) is 0 Å². The fraction of sp³-hybridized carbons (Fsp3) is 0.200. The predicted octanol–water partition coefficient (Wildman–Crippen LogP) is 1.13. The zero-order valence-corrected chi connectivity index (χ0v) is 8.80. The minimum Gasteiger partial charge on any atom is -0.376 e. The minimum atomic E-state index is -0.287. The van der Waals surface area contributed by atoms with E-state index in [1.807, 2.05) is 0 Å². The molecule has 0 fully saturated rings. The molecular formula is C10H10FN3S. The van der Waals surface area contributed by atoms with Gasteiger partial charge in [-0.3, -0.25) is 4.99 Å². The van der Waals surface area contributed by atoms with Crippen molar-refractivity contribution >= 4 is 23.2 Å². The first kappa shape index (κ1) is 10.0. The summed E-state index contributed by atoms with van der Waals surface area (Å²) < 4.78 is 13.0. The summed E-state index contributed by atoms with van der Waals surface area (Å²) in [6, 6.07) is 6.25. The molecule has 1 aromatic carbocycles. The van der Waals surface area contributed by atoms with E-state index in [-0.39, 0.29) is 10.9 Å². The number of hydrogen-bond donors (Lipinski definition) is 1. The van der Waals surface area contributed by atoms with E-state index in [9.17, 15) is 4.39 Å². The maximum absolute atomic E-state index is 13.0. The standard InChI is InChI=1S/C10H10FN3S/c11-8-3-1-2-7(6-8)9-13-4-5-14(9)10(12)15/h1-3,6H,4-5H2,(H2,12,15). The maximum Gasteiger partial charge on any atom is 0.172 e. The summed E-state index contributed by atoms with van der Waals surface area (Å²) in [6.07, 6.45) is 0. The number of aliphatic imine (C=N–C) groups is 1. The summed E-state index contributed by atoms with van der Waals surface area (Å²) >= 11 is 4.89. The molecule has 0 aromatic heterocycles. The molecule has 1 aliphatic heterocycles. The number of thiocarbonyl (C=S) groups is 1. The molecule has 0 saturated heterocycles. The highest BCUT2D eigenvalue weighted by Gasteiger charge is 2.20. The molecule has 2 rings (SSSR count). The van der Waals surface area contributed by atoms with E-state index in [4.69, 9.17) is 18.0 Å². The quantitative estimate of drug-likeness (QED) is 0.726. The topological polar surface area (TPSA) is 41.6 Å². The zero-order chi connectivity index (χ0) is 10.8. The third-order valence-electron chi connectivity index (χ3n) is 2.19. The van der Waals surface area contributed by atoms with Crippen LogP contribution in [0, 0.1) is 5.82 Å².